The first kappa shape index (κ1) is 15.0. The topological polar surface area (TPSA) is 59.3 Å². The molecule has 0 unspecified atom stereocenters. The van der Waals surface area contributed by atoms with Gasteiger partial charge in [-0.05, 0) is 43.2 Å². The first-order valence-electron chi connectivity index (χ1n) is 7.51. The van der Waals surface area contributed by atoms with Crippen LogP contribution in [0.25, 0.3) is 11.0 Å². The average Bonchev–Trinajstić information content (AvgIpc) is 2.56. The van der Waals surface area contributed by atoms with Crippen LogP contribution in [0.2, 0.25) is 0 Å². The lowest BCUT2D eigenvalue weighted by atomic mass is 10.1. The van der Waals surface area contributed by atoms with E-state index in [9.17, 15) is 9.59 Å². The molecule has 23 heavy (non-hydrogen) atoms. The molecule has 1 N–H and O–H groups in total. The summed E-state index contributed by atoms with van der Waals surface area (Å²) in [5.74, 6) is -0.431. The van der Waals surface area contributed by atoms with Crippen molar-refractivity contribution < 1.29 is 9.21 Å². The SMILES string of the molecule is CCc1ccc2oc(C(=O)Nc3ccc(C)cc3)cc(=O)c2c1. The number of hydrogen-bond acceptors (Lipinski definition) is 3. The van der Waals surface area contributed by atoms with Gasteiger partial charge < -0.3 is 9.73 Å². The van der Waals surface area contributed by atoms with Gasteiger partial charge in [-0.25, -0.2) is 0 Å². The second-order valence-electron chi connectivity index (χ2n) is 5.48. The number of carbonyl (C=O) groups excluding carboxylic acids is 1. The minimum absolute atomic E-state index is 0.00678. The monoisotopic (exact) mass is 307 g/mol. The lowest BCUT2D eigenvalue weighted by Crippen LogP contribution is -2.15. The highest BCUT2D eigenvalue weighted by molar-refractivity contribution is 6.02. The Balaban J connectivity index is 1.94. The van der Waals surface area contributed by atoms with Crippen LogP contribution in [0, 0.1) is 6.92 Å². The Morgan fingerprint density at radius 3 is 2.52 bits per heavy atom. The van der Waals surface area contributed by atoms with Crippen LogP contribution in [0.1, 0.15) is 28.6 Å². The van der Waals surface area contributed by atoms with Crippen LogP contribution in [0.3, 0.4) is 0 Å². The number of hydrogen-bond donors (Lipinski definition) is 1. The maximum absolute atomic E-state index is 12.3. The number of rotatable bonds is 3. The predicted octanol–water partition coefficient (Wildman–Crippen LogP) is 3.92. The Bertz CT molecular complexity index is 923. The molecule has 0 aliphatic carbocycles. The van der Waals surface area contributed by atoms with Crippen molar-refractivity contribution in [2.45, 2.75) is 20.3 Å². The van der Waals surface area contributed by atoms with Crippen LogP contribution in [0.15, 0.2) is 57.7 Å². The molecular weight excluding hydrogens is 290 g/mol. The van der Waals surface area contributed by atoms with E-state index in [4.69, 9.17) is 4.42 Å². The minimum atomic E-state index is -0.438. The lowest BCUT2D eigenvalue weighted by Gasteiger charge is -2.06. The van der Waals surface area contributed by atoms with Crippen molar-refractivity contribution in [2.24, 2.45) is 0 Å². The molecule has 4 nitrogen and oxygen atoms in total. The van der Waals surface area contributed by atoms with Gasteiger partial charge in [0, 0.05) is 11.8 Å². The summed E-state index contributed by atoms with van der Waals surface area (Å²) in [5, 5.41) is 3.22. The van der Waals surface area contributed by atoms with Gasteiger partial charge in [0.15, 0.2) is 11.2 Å². The largest absolute Gasteiger partial charge is 0.451 e. The lowest BCUT2D eigenvalue weighted by molar-refractivity contribution is 0.0997. The van der Waals surface area contributed by atoms with Gasteiger partial charge in [-0.15, -0.1) is 0 Å². The third-order valence-corrected chi connectivity index (χ3v) is 3.73. The smallest absolute Gasteiger partial charge is 0.291 e. The molecule has 2 aromatic carbocycles. The van der Waals surface area contributed by atoms with Gasteiger partial charge in [0.1, 0.15) is 5.58 Å². The van der Waals surface area contributed by atoms with E-state index in [0.29, 0.717) is 16.7 Å². The highest BCUT2D eigenvalue weighted by atomic mass is 16.3. The van der Waals surface area contributed by atoms with Crippen LogP contribution in [-0.2, 0) is 6.42 Å². The van der Waals surface area contributed by atoms with E-state index >= 15 is 0 Å². The van der Waals surface area contributed by atoms with E-state index in [0.717, 1.165) is 17.5 Å². The second kappa shape index (κ2) is 6.08. The number of fused-ring (bicyclic) bond motifs is 1. The molecule has 1 amide bonds. The molecule has 0 aliphatic rings. The molecule has 0 bridgehead atoms. The van der Waals surface area contributed by atoms with E-state index in [1.165, 1.54) is 6.07 Å². The first-order valence-corrected chi connectivity index (χ1v) is 7.51. The van der Waals surface area contributed by atoms with Gasteiger partial charge in [-0.2, -0.15) is 0 Å². The molecule has 3 aromatic rings. The Morgan fingerprint density at radius 1 is 1.09 bits per heavy atom. The molecule has 0 spiro atoms. The summed E-state index contributed by atoms with van der Waals surface area (Å²) in [4.78, 5) is 24.5. The summed E-state index contributed by atoms with van der Waals surface area (Å²) in [7, 11) is 0. The predicted molar refractivity (Wildman–Crippen MR) is 91.0 cm³/mol. The minimum Gasteiger partial charge on any atom is -0.451 e. The Kier molecular flexibility index (Phi) is 3.98. The van der Waals surface area contributed by atoms with Crippen molar-refractivity contribution >= 4 is 22.6 Å². The van der Waals surface area contributed by atoms with E-state index < -0.39 is 5.91 Å². The summed E-state index contributed by atoms with van der Waals surface area (Å²) < 4.78 is 5.59. The fourth-order valence-electron chi connectivity index (χ4n) is 2.36. The molecule has 1 aromatic heterocycles. The van der Waals surface area contributed by atoms with Crippen molar-refractivity contribution in [3.05, 3.63) is 75.6 Å². The molecule has 0 radical (unpaired) electrons. The molecule has 3 rings (SSSR count). The normalized spacial score (nSPS) is 10.7. The van der Waals surface area contributed by atoms with Crippen molar-refractivity contribution in [3.8, 4) is 0 Å². The van der Waals surface area contributed by atoms with Crippen LogP contribution < -0.4 is 10.7 Å². The van der Waals surface area contributed by atoms with Gasteiger partial charge in [0.2, 0.25) is 0 Å². The first-order chi connectivity index (χ1) is 11.1. The number of aryl methyl sites for hydroxylation is 2. The quantitative estimate of drug-likeness (QED) is 0.798. The highest BCUT2D eigenvalue weighted by Crippen LogP contribution is 2.16. The molecule has 116 valence electrons. The van der Waals surface area contributed by atoms with Crippen molar-refractivity contribution in [2.75, 3.05) is 5.32 Å². The van der Waals surface area contributed by atoms with Crippen LogP contribution in [-0.4, -0.2) is 5.91 Å². The Hall–Kier alpha value is -2.88. The molecule has 0 atom stereocenters. The van der Waals surface area contributed by atoms with Crippen LogP contribution >= 0.6 is 0 Å². The maximum atomic E-state index is 12.3. The molecule has 0 saturated carbocycles. The van der Waals surface area contributed by atoms with E-state index in [-0.39, 0.29) is 11.2 Å². The molecule has 1 heterocycles. The molecule has 0 fully saturated rings. The third kappa shape index (κ3) is 3.16. The van der Waals surface area contributed by atoms with Gasteiger partial charge in [-0.3, -0.25) is 9.59 Å². The van der Waals surface area contributed by atoms with Gasteiger partial charge >= 0.3 is 0 Å². The second-order valence-corrected chi connectivity index (χ2v) is 5.48. The van der Waals surface area contributed by atoms with E-state index in [1.807, 2.05) is 38.1 Å². The van der Waals surface area contributed by atoms with E-state index in [2.05, 4.69) is 5.32 Å². The Morgan fingerprint density at radius 2 is 1.83 bits per heavy atom. The van der Waals surface area contributed by atoms with Gasteiger partial charge in [0.05, 0.1) is 5.39 Å². The van der Waals surface area contributed by atoms with Crippen LogP contribution in [0.4, 0.5) is 5.69 Å². The number of carbonyl (C=O) groups is 1. The molecule has 4 heteroatoms. The average molecular weight is 307 g/mol. The highest BCUT2D eigenvalue weighted by Gasteiger charge is 2.13. The van der Waals surface area contributed by atoms with Crippen molar-refractivity contribution in [1.29, 1.82) is 0 Å². The fraction of sp³-hybridized carbons (Fsp3) is 0.158. The Labute approximate surface area is 133 Å². The zero-order chi connectivity index (χ0) is 16.4. The maximum Gasteiger partial charge on any atom is 0.291 e. The zero-order valence-electron chi connectivity index (χ0n) is 13.1. The zero-order valence-corrected chi connectivity index (χ0v) is 13.1. The summed E-state index contributed by atoms with van der Waals surface area (Å²) in [5.41, 5.74) is 3.03. The van der Waals surface area contributed by atoms with Crippen molar-refractivity contribution in [3.63, 3.8) is 0 Å². The summed E-state index contributed by atoms with van der Waals surface area (Å²) in [6.45, 7) is 3.99. The molecule has 0 saturated heterocycles. The summed E-state index contributed by atoms with van der Waals surface area (Å²) in [6, 6.07) is 14.1. The number of amides is 1. The van der Waals surface area contributed by atoms with Gasteiger partial charge in [-0.1, -0.05) is 30.7 Å². The third-order valence-electron chi connectivity index (χ3n) is 3.73. The number of nitrogens with one attached hydrogen (secondary N) is 1. The van der Waals surface area contributed by atoms with Crippen molar-refractivity contribution in [1.82, 2.24) is 0 Å². The van der Waals surface area contributed by atoms with Gasteiger partial charge in [0.25, 0.3) is 5.91 Å². The summed E-state index contributed by atoms with van der Waals surface area (Å²) >= 11 is 0. The molecule has 0 aliphatic heterocycles. The summed E-state index contributed by atoms with van der Waals surface area (Å²) in [6.07, 6.45) is 0.838. The standard InChI is InChI=1S/C19H17NO3/c1-3-13-6-9-17-15(10-13)16(21)11-18(23-17)19(22)20-14-7-4-12(2)5-8-14/h4-11H,3H2,1-2H3,(H,20,22). The molecular formula is C19H17NO3. The van der Waals surface area contributed by atoms with Crippen LogP contribution in [0.5, 0.6) is 0 Å². The van der Waals surface area contributed by atoms with E-state index in [1.54, 1.807) is 18.2 Å². The fourth-order valence-corrected chi connectivity index (χ4v) is 2.36. The number of anilines is 1. The number of benzene rings is 2.